The molecule has 3 heteroatoms. The van der Waals surface area contributed by atoms with Crippen molar-refractivity contribution in [3.63, 3.8) is 0 Å². The number of aliphatic hydroxyl groups is 2. The largest absolute Gasteiger partial charge is 0.461 e. The zero-order chi connectivity index (χ0) is 8.77. The van der Waals surface area contributed by atoms with Crippen molar-refractivity contribution < 1.29 is 14.9 Å². The van der Waals surface area contributed by atoms with Crippen LogP contribution in [-0.4, -0.2) is 16.5 Å². The van der Waals surface area contributed by atoms with Crippen LogP contribution in [0.3, 0.4) is 0 Å². The molecule has 0 aromatic heterocycles. The quantitative estimate of drug-likeness (QED) is 0.593. The summed E-state index contributed by atoms with van der Waals surface area (Å²) < 4.78 is 5.03. The van der Waals surface area contributed by atoms with Crippen LogP contribution < -0.4 is 4.74 Å². The van der Waals surface area contributed by atoms with Crippen molar-refractivity contribution in [2.24, 2.45) is 0 Å². The molecule has 12 heavy (non-hydrogen) atoms. The van der Waals surface area contributed by atoms with Crippen molar-refractivity contribution in [1.29, 1.82) is 0 Å². The molecule has 0 spiro atoms. The topological polar surface area (TPSA) is 49.7 Å². The van der Waals surface area contributed by atoms with Gasteiger partial charge in [0.15, 0.2) is 5.60 Å². The predicted octanol–water partition coefficient (Wildman–Crippen LogP) is 0.605. The fourth-order valence-corrected chi connectivity index (χ4v) is 1.36. The first-order chi connectivity index (χ1) is 5.62. The highest BCUT2D eigenvalue weighted by Crippen LogP contribution is 2.39. The Kier molecular flexibility index (Phi) is 1.40. The second-order valence-electron chi connectivity index (χ2n) is 3.11. The Labute approximate surface area is 70.2 Å². The number of hydrogen-bond donors (Lipinski definition) is 2. The van der Waals surface area contributed by atoms with Crippen molar-refractivity contribution in [3.05, 3.63) is 29.8 Å². The summed E-state index contributed by atoms with van der Waals surface area (Å²) in [5.41, 5.74) is -0.645. The number of benzene rings is 1. The zero-order valence-electron chi connectivity index (χ0n) is 6.69. The third-order valence-electron chi connectivity index (χ3n) is 2.15. The van der Waals surface area contributed by atoms with E-state index >= 15 is 0 Å². The van der Waals surface area contributed by atoms with E-state index < -0.39 is 11.9 Å². The fraction of sp³-hybridized carbons (Fsp3) is 0.333. The van der Waals surface area contributed by atoms with E-state index in [-0.39, 0.29) is 0 Å². The Balaban J connectivity index is 2.55. The fourth-order valence-electron chi connectivity index (χ4n) is 1.36. The van der Waals surface area contributed by atoms with E-state index in [1.807, 2.05) is 0 Å². The minimum atomic E-state index is -1.28. The molecule has 1 aromatic rings. The molecule has 64 valence electrons. The highest BCUT2D eigenvalue weighted by Gasteiger charge is 2.42. The molecular formula is C9H10O3. The molecule has 0 bridgehead atoms. The van der Waals surface area contributed by atoms with Crippen molar-refractivity contribution in [1.82, 2.24) is 0 Å². The first kappa shape index (κ1) is 7.58. The maximum absolute atomic E-state index is 9.74. The van der Waals surface area contributed by atoms with Gasteiger partial charge in [-0.2, -0.15) is 0 Å². The summed E-state index contributed by atoms with van der Waals surface area (Å²) in [7, 11) is 0. The van der Waals surface area contributed by atoms with E-state index in [4.69, 9.17) is 4.74 Å². The van der Waals surface area contributed by atoms with Gasteiger partial charge in [0.2, 0.25) is 6.29 Å². The lowest BCUT2D eigenvalue weighted by Gasteiger charge is -2.18. The SMILES string of the molecule is C[C@]1(O)c2ccccc2O[C@@H]1O. The molecule has 0 unspecified atom stereocenters. The third-order valence-corrected chi connectivity index (χ3v) is 2.15. The molecule has 0 saturated heterocycles. The number of rotatable bonds is 0. The smallest absolute Gasteiger partial charge is 0.230 e. The molecule has 1 aromatic carbocycles. The van der Waals surface area contributed by atoms with Gasteiger partial charge in [-0.3, -0.25) is 0 Å². The Bertz CT molecular complexity index is 306. The van der Waals surface area contributed by atoms with Crippen LogP contribution in [0.15, 0.2) is 24.3 Å². The normalized spacial score (nSPS) is 32.8. The molecule has 0 saturated carbocycles. The van der Waals surface area contributed by atoms with E-state index in [0.717, 1.165) is 0 Å². The summed E-state index contributed by atoms with van der Waals surface area (Å²) in [5, 5.41) is 19.0. The molecule has 2 N–H and O–H groups in total. The van der Waals surface area contributed by atoms with Crippen LogP contribution in [0.2, 0.25) is 0 Å². The van der Waals surface area contributed by atoms with E-state index in [9.17, 15) is 10.2 Å². The molecular weight excluding hydrogens is 156 g/mol. The molecule has 1 aliphatic heterocycles. The maximum Gasteiger partial charge on any atom is 0.230 e. The van der Waals surface area contributed by atoms with E-state index in [0.29, 0.717) is 11.3 Å². The van der Waals surface area contributed by atoms with Crippen molar-refractivity contribution in [3.8, 4) is 5.75 Å². The summed E-state index contributed by atoms with van der Waals surface area (Å²) in [6.45, 7) is 1.53. The van der Waals surface area contributed by atoms with Gasteiger partial charge in [-0.05, 0) is 13.0 Å². The number of hydrogen-bond acceptors (Lipinski definition) is 3. The number of fused-ring (bicyclic) bond motifs is 1. The van der Waals surface area contributed by atoms with Gasteiger partial charge in [-0.15, -0.1) is 0 Å². The Morgan fingerprint density at radius 2 is 2.08 bits per heavy atom. The molecule has 1 heterocycles. The van der Waals surface area contributed by atoms with Crippen LogP contribution in [0, 0.1) is 0 Å². The van der Waals surface area contributed by atoms with Crippen LogP contribution >= 0.6 is 0 Å². The van der Waals surface area contributed by atoms with Gasteiger partial charge < -0.3 is 14.9 Å². The lowest BCUT2D eigenvalue weighted by Crippen LogP contribution is -2.34. The average Bonchev–Trinajstić information content (AvgIpc) is 2.25. The van der Waals surface area contributed by atoms with Gasteiger partial charge in [0, 0.05) is 5.56 Å². The summed E-state index contributed by atoms with van der Waals surface area (Å²) in [6, 6.07) is 7.06. The van der Waals surface area contributed by atoms with Crippen molar-refractivity contribution in [2.75, 3.05) is 0 Å². The van der Waals surface area contributed by atoms with Gasteiger partial charge >= 0.3 is 0 Å². The second kappa shape index (κ2) is 2.21. The molecule has 3 nitrogen and oxygen atoms in total. The summed E-state index contributed by atoms with van der Waals surface area (Å²) in [4.78, 5) is 0. The molecule has 0 radical (unpaired) electrons. The van der Waals surface area contributed by atoms with Gasteiger partial charge in [0.1, 0.15) is 5.75 Å². The highest BCUT2D eigenvalue weighted by molar-refractivity contribution is 5.41. The van der Waals surface area contributed by atoms with Gasteiger partial charge in [-0.25, -0.2) is 0 Å². The summed E-state index contributed by atoms with van der Waals surface area (Å²) in [6.07, 6.45) is -1.16. The molecule has 0 amide bonds. The first-order valence-electron chi connectivity index (χ1n) is 3.79. The van der Waals surface area contributed by atoms with Gasteiger partial charge in [-0.1, -0.05) is 18.2 Å². The van der Waals surface area contributed by atoms with Crippen LogP contribution in [0.5, 0.6) is 5.75 Å². The summed E-state index contributed by atoms with van der Waals surface area (Å²) in [5.74, 6) is 0.551. The molecule has 2 rings (SSSR count). The number of ether oxygens (including phenoxy) is 1. The van der Waals surface area contributed by atoms with E-state index in [1.165, 1.54) is 6.92 Å². The van der Waals surface area contributed by atoms with E-state index in [2.05, 4.69) is 0 Å². The van der Waals surface area contributed by atoms with Crippen LogP contribution in [0.4, 0.5) is 0 Å². The monoisotopic (exact) mass is 166 g/mol. The number of aliphatic hydroxyl groups excluding tert-OH is 1. The zero-order valence-corrected chi connectivity index (χ0v) is 6.69. The predicted molar refractivity (Wildman–Crippen MR) is 42.6 cm³/mol. The van der Waals surface area contributed by atoms with Crippen molar-refractivity contribution >= 4 is 0 Å². The van der Waals surface area contributed by atoms with E-state index in [1.54, 1.807) is 24.3 Å². The maximum atomic E-state index is 9.74. The van der Waals surface area contributed by atoms with Crippen LogP contribution in [0.1, 0.15) is 12.5 Å². The van der Waals surface area contributed by atoms with Crippen LogP contribution in [0.25, 0.3) is 0 Å². The van der Waals surface area contributed by atoms with Crippen molar-refractivity contribution in [2.45, 2.75) is 18.8 Å². The Morgan fingerprint density at radius 3 is 2.75 bits per heavy atom. The molecule has 2 atom stereocenters. The standard InChI is InChI=1S/C9H10O3/c1-9(11)6-4-2-3-5-7(6)12-8(9)10/h2-5,8,10-11H,1H3/t8-,9-/m0/s1. The molecule has 0 aliphatic carbocycles. The minimum absolute atomic E-state index is 0.551. The Hall–Kier alpha value is -1.06. The second-order valence-corrected chi connectivity index (χ2v) is 3.11. The lowest BCUT2D eigenvalue weighted by molar-refractivity contribution is -0.141. The minimum Gasteiger partial charge on any atom is -0.461 e. The Morgan fingerprint density at radius 1 is 1.42 bits per heavy atom. The van der Waals surface area contributed by atoms with Gasteiger partial charge in [0.25, 0.3) is 0 Å². The average molecular weight is 166 g/mol. The van der Waals surface area contributed by atoms with Crippen LogP contribution in [-0.2, 0) is 5.60 Å². The highest BCUT2D eigenvalue weighted by atomic mass is 16.6. The third kappa shape index (κ3) is 0.838. The van der Waals surface area contributed by atoms with Gasteiger partial charge in [0.05, 0.1) is 0 Å². The lowest BCUT2D eigenvalue weighted by atomic mass is 9.97. The first-order valence-corrected chi connectivity index (χ1v) is 3.79. The molecule has 1 aliphatic rings. The molecule has 0 fully saturated rings. The summed E-state index contributed by atoms with van der Waals surface area (Å²) >= 11 is 0. The number of para-hydroxylation sites is 1.